The van der Waals surface area contributed by atoms with Crippen LogP contribution in [0.2, 0.25) is 0 Å². The van der Waals surface area contributed by atoms with Gasteiger partial charge in [0.05, 0.1) is 19.0 Å². The number of carbonyl (C=O) groups is 2. The van der Waals surface area contributed by atoms with Gasteiger partial charge >= 0.3 is 5.97 Å². The topological polar surface area (TPSA) is 90.7 Å². The first kappa shape index (κ1) is 17.2. The minimum absolute atomic E-state index is 0.0261. The number of carbonyl (C=O) groups excluding carboxylic acids is 2. The molecule has 0 fully saturated rings. The fourth-order valence-electron chi connectivity index (χ4n) is 1.20. The van der Waals surface area contributed by atoms with E-state index in [9.17, 15) is 9.59 Å². The van der Waals surface area contributed by atoms with Gasteiger partial charge in [-0.15, -0.1) is 11.8 Å². The van der Waals surface area contributed by atoms with Crippen LogP contribution in [0.4, 0.5) is 0 Å². The standard InChI is InChI=1S/C11H22N2O4S/c1-4-17-11(15)9(12)6-18-7-10(14)13-8(2)5-16-3/h8-9H,4-7,12H2,1-3H3,(H,13,14). The van der Waals surface area contributed by atoms with Crippen molar-refractivity contribution in [3.63, 3.8) is 0 Å². The van der Waals surface area contributed by atoms with Crippen molar-refractivity contribution in [1.82, 2.24) is 5.32 Å². The van der Waals surface area contributed by atoms with Gasteiger partial charge in [-0.25, -0.2) is 0 Å². The van der Waals surface area contributed by atoms with Crippen LogP contribution in [-0.2, 0) is 19.1 Å². The summed E-state index contributed by atoms with van der Waals surface area (Å²) >= 11 is 1.31. The molecule has 0 heterocycles. The monoisotopic (exact) mass is 278 g/mol. The first-order valence-corrected chi connectivity index (χ1v) is 6.95. The summed E-state index contributed by atoms with van der Waals surface area (Å²) in [4.78, 5) is 22.7. The van der Waals surface area contributed by atoms with Crippen LogP contribution in [0, 0.1) is 0 Å². The molecule has 0 radical (unpaired) electrons. The third-order valence-corrected chi connectivity index (χ3v) is 3.01. The molecule has 0 aromatic rings. The Balaban J connectivity index is 3.70. The number of methoxy groups -OCH3 is 1. The molecule has 0 rings (SSSR count). The second-order valence-electron chi connectivity index (χ2n) is 3.80. The molecular weight excluding hydrogens is 256 g/mol. The molecule has 0 spiro atoms. The number of hydrogen-bond acceptors (Lipinski definition) is 6. The molecule has 106 valence electrons. The van der Waals surface area contributed by atoms with Gasteiger partial charge in [-0.05, 0) is 13.8 Å². The Kier molecular flexibility index (Phi) is 9.72. The first-order chi connectivity index (χ1) is 8.51. The number of amides is 1. The van der Waals surface area contributed by atoms with Crippen LogP contribution < -0.4 is 11.1 Å². The maximum atomic E-state index is 11.5. The summed E-state index contributed by atoms with van der Waals surface area (Å²) in [7, 11) is 1.58. The number of thioether (sulfide) groups is 1. The molecule has 0 aliphatic carbocycles. The van der Waals surface area contributed by atoms with Crippen molar-refractivity contribution in [3.8, 4) is 0 Å². The average Bonchev–Trinajstić information content (AvgIpc) is 2.29. The van der Waals surface area contributed by atoms with Gasteiger partial charge in [-0.3, -0.25) is 9.59 Å². The molecule has 1 amide bonds. The van der Waals surface area contributed by atoms with Crippen molar-refractivity contribution in [3.05, 3.63) is 0 Å². The Morgan fingerprint density at radius 1 is 1.44 bits per heavy atom. The number of nitrogens with one attached hydrogen (secondary N) is 1. The molecule has 0 aromatic carbocycles. The summed E-state index contributed by atoms with van der Waals surface area (Å²) in [6, 6.07) is -0.707. The summed E-state index contributed by atoms with van der Waals surface area (Å²) in [5, 5.41) is 2.77. The van der Waals surface area contributed by atoms with E-state index in [0.717, 1.165) is 0 Å². The molecular formula is C11H22N2O4S. The van der Waals surface area contributed by atoms with Crippen LogP contribution in [0.1, 0.15) is 13.8 Å². The second-order valence-corrected chi connectivity index (χ2v) is 4.83. The van der Waals surface area contributed by atoms with Crippen LogP contribution in [0.5, 0.6) is 0 Å². The highest BCUT2D eigenvalue weighted by atomic mass is 32.2. The summed E-state index contributed by atoms with van der Waals surface area (Å²) in [5.74, 6) is 0.102. The van der Waals surface area contributed by atoms with E-state index in [1.54, 1.807) is 14.0 Å². The van der Waals surface area contributed by atoms with Gasteiger partial charge in [-0.2, -0.15) is 0 Å². The smallest absolute Gasteiger partial charge is 0.323 e. The number of nitrogens with two attached hydrogens (primary N) is 1. The highest BCUT2D eigenvalue weighted by molar-refractivity contribution is 8.00. The number of rotatable bonds is 9. The molecule has 7 heteroatoms. The second kappa shape index (κ2) is 10.2. The molecule has 0 bridgehead atoms. The lowest BCUT2D eigenvalue weighted by molar-refractivity contribution is -0.144. The van der Waals surface area contributed by atoms with Crippen LogP contribution in [0.25, 0.3) is 0 Å². The molecule has 0 aliphatic heterocycles. The summed E-state index contributed by atoms with van der Waals surface area (Å²) in [6.45, 7) is 4.36. The van der Waals surface area contributed by atoms with Crippen molar-refractivity contribution in [1.29, 1.82) is 0 Å². The molecule has 6 nitrogen and oxygen atoms in total. The normalized spacial score (nSPS) is 13.8. The first-order valence-electron chi connectivity index (χ1n) is 5.79. The van der Waals surface area contributed by atoms with Crippen LogP contribution in [-0.4, -0.2) is 55.8 Å². The fraction of sp³-hybridized carbons (Fsp3) is 0.818. The zero-order valence-corrected chi connectivity index (χ0v) is 11.9. The predicted octanol–water partition coefficient (Wildman–Crippen LogP) is -0.239. The van der Waals surface area contributed by atoms with Crippen molar-refractivity contribution in [2.45, 2.75) is 25.9 Å². The maximum absolute atomic E-state index is 11.5. The number of hydrogen-bond donors (Lipinski definition) is 2. The molecule has 2 unspecified atom stereocenters. The zero-order valence-electron chi connectivity index (χ0n) is 11.1. The molecule has 0 aliphatic rings. The summed E-state index contributed by atoms with van der Waals surface area (Å²) in [5.41, 5.74) is 5.59. The van der Waals surface area contributed by atoms with E-state index in [-0.39, 0.29) is 17.7 Å². The maximum Gasteiger partial charge on any atom is 0.323 e. The van der Waals surface area contributed by atoms with Crippen LogP contribution in [0.3, 0.4) is 0 Å². The van der Waals surface area contributed by atoms with Crippen molar-refractivity contribution >= 4 is 23.6 Å². The van der Waals surface area contributed by atoms with Gasteiger partial charge in [0.2, 0.25) is 5.91 Å². The SMILES string of the molecule is CCOC(=O)C(N)CSCC(=O)NC(C)COC. The molecule has 2 atom stereocenters. The minimum Gasteiger partial charge on any atom is -0.465 e. The lowest BCUT2D eigenvalue weighted by atomic mass is 10.3. The molecule has 0 saturated carbocycles. The van der Waals surface area contributed by atoms with E-state index in [4.69, 9.17) is 15.2 Å². The van der Waals surface area contributed by atoms with E-state index in [1.807, 2.05) is 6.92 Å². The molecule has 3 N–H and O–H groups in total. The third-order valence-electron chi connectivity index (χ3n) is 1.94. The van der Waals surface area contributed by atoms with Gasteiger partial charge in [0.25, 0.3) is 0 Å². The Bertz CT molecular complexity index is 263. The Labute approximate surface area is 112 Å². The van der Waals surface area contributed by atoms with Crippen molar-refractivity contribution in [2.24, 2.45) is 5.73 Å². The van der Waals surface area contributed by atoms with E-state index < -0.39 is 12.0 Å². The lowest BCUT2D eigenvalue weighted by Crippen LogP contribution is -2.38. The molecule has 0 saturated heterocycles. The largest absolute Gasteiger partial charge is 0.465 e. The average molecular weight is 278 g/mol. The van der Waals surface area contributed by atoms with E-state index in [1.165, 1.54) is 11.8 Å². The summed E-state index contributed by atoms with van der Waals surface area (Å²) in [6.07, 6.45) is 0. The van der Waals surface area contributed by atoms with Gasteiger partial charge in [-0.1, -0.05) is 0 Å². The van der Waals surface area contributed by atoms with Crippen LogP contribution >= 0.6 is 11.8 Å². The predicted molar refractivity (Wildman–Crippen MR) is 71.4 cm³/mol. The highest BCUT2D eigenvalue weighted by Crippen LogP contribution is 2.03. The van der Waals surface area contributed by atoms with Gasteiger partial charge < -0.3 is 20.5 Å². The summed E-state index contributed by atoms with van der Waals surface area (Å²) < 4.78 is 9.67. The third kappa shape index (κ3) is 8.32. The highest BCUT2D eigenvalue weighted by Gasteiger charge is 2.15. The molecule has 0 aromatic heterocycles. The van der Waals surface area contributed by atoms with E-state index >= 15 is 0 Å². The Morgan fingerprint density at radius 3 is 2.67 bits per heavy atom. The van der Waals surface area contributed by atoms with Crippen LogP contribution in [0.15, 0.2) is 0 Å². The van der Waals surface area contributed by atoms with E-state index in [0.29, 0.717) is 19.0 Å². The number of ether oxygens (including phenoxy) is 2. The zero-order chi connectivity index (χ0) is 14.0. The van der Waals surface area contributed by atoms with Gasteiger partial charge in [0.1, 0.15) is 6.04 Å². The van der Waals surface area contributed by atoms with Crippen molar-refractivity contribution in [2.75, 3.05) is 31.8 Å². The Morgan fingerprint density at radius 2 is 2.11 bits per heavy atom. The Hall–Kier alpha value is -0.790. The van der Waals surface area contributed by atoms with Crippen molar-refractivity contribution < 1.29 is 19.1 Å². The lowest BCUT2D eigenvalue weighted by Gasteiger charge is -2.13. The quantitative estimate of drug-likeness (QED) is 0.566. The molecule has 18 heavy (non-hydrogen) atoms. The van der Waals surface area contributed by atoms with Gasteiger partial charge in [0.15, 0.2) is 0 Å². The minimum atomic E-state index is -0.681. The fourth-order valence-corrected chi connectivity index (χ4v) is 1.98. The van der Waals surface area contributed by atoms with E-state index in [2.05, 4.69) is 5.32 Å². The number of esters is 1. The van der Waals surface area contributed by atoms with Gasteiger partial charge in [0, 0.05) is 18.9 Å².